The fourth-order valence-corrected chi connectivity index (χ4v) is 7.40. The molecular weight excluding hydrogens is 276 g/mol. The summed E-state index contributed by atoms with van der Waals surface area (Å²) in [5.74, 6) is 2.00. The van der Waals surface area contributed by atoms with Gasteiger partial charge in [-0.3, -0.25) is 0 Å². The van der Waals surface area contributed by atoms with Gasteiger partial charge in [-0.2, -0.15) is 11.8 Å². The van der Waals surface area contributed by atoms with Crippen molar-refractivity contribution < 1.29 is 0 Å². The Morgan fingerprint density at radius 2 is 1.60 bits per heavy atom. The van der Waals surface area contributed by atoms with Crippen LogP contribution in [0.2, 0.25) is 0 Å². The maximum atomic E-state index is 3.79. The molecule has 2 saturated carbocycles. The minimum atomic E-state index is 0.817. The van der Waals surface area contributed by atoms with Gasteiger partial charge in [0, 0.05) is 20.2 Å². The van der Waals surface area contributed by atoms with Gasteiger partial charge in [0.1, 0.15) is 0 Å². The quantitative estimate of drug-likeness (QED) is 0.616. The zero-order valence-electron chi connectivity index (χ0n) is 5.34. The van der Waals surface area contributed by atoms with Crippen LogP contribution in [0.4, 0.5) is 0 Å². The Bertz CT molecular complexity index is 164. The molecule has 0 nitrogen and oxygen atoms in total. The third kappa shape index (κ3) is 0.579. The zero-order valence-corrected chi connectivity index (χ0v) is 9.32. The largest absolute Gasteiger partial charge is 0.152 e. The molecule has 4 atom stereocenters. The van der Waals surface area contributed by atoms with E-state index in [2.05, 4.69) is 43.6 Å². The summed E-state index contributed by atoms with van der Waals surface area (Å²) in [6.45, 7) is 0. The van der Waals surface area contributed by atoms with E-state index in [1.807, 2.05) is 0 Å². The number of hydrogen-bond acceptors (Lipinski definition) is 1. The molecule has 56 valence electrons. The second-order valence-electron chi connectivity index (χ2n) is 3.52. The van der Waals surface area contributed by atoms with Crippen LogP contribution in [0.5, 0.6) is 0 Å². The molecule has 3 rings (SSSR count). The van der Waals surface area contributed by atoms with E-state index >= 15 is 0 Å². The van der Waals surface area contributed by atoms with E-state index in [4.69, 9.17) is 0 Å². The van der Waals surface area contributed by atoms with E-state index in [1.165, 1.54) is 6.42 Å². The summed E-state index contributed by atoms with van der Waals surface area (Å²) in [5.41, 5.74) is 0. The molecule has 3 fully saturated rings. The van der Waals surface area contributed by atoms with Gasteiger partial charge in [-0.05, 0) is 18.3 Å². The van der Waals surface area contributed by atoms with Gasteiger partial charge >= 0.3 is 0 Å². The average molecular weight is 284 g/mol. The predicted molar refractivity (Wildman–Crippen MR) is 52.2 cm³/mol. The van der Waals surface area contributed by atoms with Crippen LogP contribution >= 0.6 is 43.6 Å². The molecule has 10 heavy (non-hydrogen) atoms. The lowest BCUT2D eigenvalue weighted by atomic mass is 9.98. The molecule has 0 aromatic carbocycles. The minimum Gasteiger partial charge on any atom is -0.152 e. The van der Waals surface area contributed by atoms with Crippen molar-refractivity contribution in [3.05, 3.63) is 0 Å². The zero-order chi connectivity index (χ0) is 6.88. The maximum absolute atomic E-state index is 3.79. The molecule has 4 unspecified atom stereocenters. The van der Waals surface area contributed by atoms with Gasteiger partial charge in [-0.25, -0.2) is 0 Å². The Balaban J connectivity index is 2.00. The van der Waals surface area contributed by atoms with Crippen LogP contribution in [0.1, 0.15) is 6.42 Å². The SMILES string of the molecule is BrC1C2CC3C1SC3C2Br. The first-order valence-corrected chi connectivity index (χ1v) is 6.50. The molecule has 0 aromatic rings. The molecule has 1 aliphatic heterocycles. The molecule has 2 aliphatic carbocycles. The maximum Gasteiger partial charge on any atom is 0.0307 e. The van der Waals surface area contributed by atoms with Crippen molar-refractivity contribution in [2.75, 3.05) is 0 Å². The van der Waals surface area contributed by atoms with Crippen LogP contribution in [0.3, 0.4) is 0 Å². The van der Waals surface area contributed by atoms with E-state index in [1.54, 1.807) is 0 Å². The number of fused-ring (bicyclic) bond motifs is 1. The number of rotatable bonds is 0. The molecule has 1 heterocycles. The summed E-state index contributed by atoms with van der Waals surface area (Å²) >= 11 is 9.76. The molecule has 0 amide bonds. The topological polar surface area (TPSA) is 0 Å². The van der Waals surface area contributed by atoms with Crippen molar-refractivity contribution in [2.24, 2.45) is 11.8 Å². The molecule has 3 heteroatoms. The molecule has 0 aromatic heterocycles. The van der Waals surface area contributed by atoms with Crippen LogP contribution in [0.25, 0.3) is 0 Å². The summed E-state index contributed by atoms with van der Waals surface area (Å²) < 4.78 is 0. The Morgan fingerprint density at radius 1 is 1.00 bits per heavy atom. The highest BCUT2D eigenvalue weighted by Gasteiger charge is 2.64. The lowest BCUT2D eigenvalue weighted by Gasteiger charge is -2.46. The van der Waals surface area contributed by atoms with Crippen molar-refractivity contribution in [3.63, 3.8) is 0 Å². The smallest absolute Gasteiger partial charge is 0.0307 e. The normalized spacial score (nSPS) is 70.2. The van der Waals surface area contributed by atoms with Crippen LogP contribution in [-0.2, 0) is 0 Å². The van der Waals surface area contributed by atoms with Gasteiger partial charge < -0.3 is 0 Å². The number of halogens is 2. The van der Waals surface area contributed by atoms with Gasteiger partial charge in [-0.15, -0.1) is 0 Å². The molecule has 3 aliphatic rings. The minimum absolute atomic E-state index is 0.817. The van der Waals surface area contributed by atoms with Crippen LogP contribution in [0, 0.1) is 11.8 Å². The fourth-order valence-electron chi connectivity index (χ4n) is 2.61. The Kier molecular flexibility index (Phi) is 1.34. The van der Waals surface area contributed by atoms with Gasteiger partial charge in [0.2, 0.25) is 0 Å². The third-order valence-electron chi connectivity index (χ3n) is 3.15. The lowest BCUT2D eigenvalue weighted by Crippen LogP contribution is -2.49. The van der Waals surface area contributed by atoms with Crippen LogP contribution in [0.15, 0.2) is 0 Å². The van der Waals surface area contributed by atoms with E-state index in [0.29, 0.717) is 0 Å². The number of hydrogen-bond donors (Lipinski definition) is 0. The van der Waals surface area contributed by atoms with Crippen LogP contribution < -0.4 is 0 Å². The second-order valence-corrected chi connectivity index (χ2v) is 6.99. The van der Waals surface area contributed by atoms with Crippen molar-refractivity contribution >= 4 is 43.6 Å². The highest BCUT2D eigenvalue weighted by atomic mass is 79.9. The molecular formula is C7H8Br2S. The first-order chi connectivity index (χ1) is 4.79. The van der Waals surface area contributed by atoms with E-state index < -0.39 is 0 Å². The van der Waals surface area contributed by atoms with Crippen molar-refractivity contribution in [3.8, 4) is 0 Å². The predicted octanol–water partition coefficient (Wildman–Crippen LogP) is 2.65. The Morgan fingerprint density at radius 3 is 1.90 bits per heavy atom. The van der Waals surface area contributed by atoms with E-state index in [-0.39, 0.29) is 0 Å². The first kappa shape index (κ1) is 6.79. The lowest BCUT2D eigenvalue weighted by molar-refractivity contribution is 0.494. The fraction of sp³-hybridized carbons (Fsp3) is 1.00. The van der Waals surface area contributed by atoms with Gasteiger partial charge in [-0.1, -0.05) is 31.9 Å². The van der Waals surface area contributed by atoms with Gasteiger partial charge in [0.05, 0.1) is 0 Å². The average Bonchev–Trinajstić information content (AvgIpc) is 2.16. The summed E-state index contributed by atoms with van der Waals surface area (Å²) in [5, 5.41) is 1.95. The molecule has 0 spiro atoms. The summed E-state index contributed by atoms with van der Waals surface area (Å²) in [6.07, 6.45) is 1.48. The molecule has 0 radical (unpaired) electrons. The number of thioether (sulfide) groups is 1. The van der Waals surface area contributed by atoms with Crippen molar-refractivity contribution in [2.45, 2.75) is 26.6 Å². The van der Waals surface area contributed by atoms with Crippen molar-refractivity contribution in [1.29, 1.82) is 0 Å². The highest BCUT2D eigenvalue weighted by Crippen LogP contribution is 2.67. The molecule has 1 saturated heterocycles. The Labute approximate surface area is 81.8 Å². The van der Waals surface area contributed by atoms with E-state index in [0.717, 1.165) is 32.0 Å². The summed E-state index contributed by atoms with van der Waals surface area (Å²) in [7, 11) is 0. The van der Waals surface area contributed by atoms with Crippen LogP contribution in [-0.4, -0.2) is 20.2 Å². The van der Waals surface area contributed by atoms with Gasteiger partial charge in [0.25, 0.3) is 0 Å². The third-order valence-corrected chi connectivity index (χ3v) is 8.26. The highest BCUT2D eigenvalue weighted by molar-refractivity contribution is 9.10. The molecule has 2 bridgehead atoms. The monoisotopic (exact) mass is 282 g/mol. The second kappa shape index (κ2) is 1.97. The first-order valence-electron chi connectivity index (χ1n) is 3.72. The van der Waals surface area contributed by atoms with E-state index in [9.17, 15) is 0 Å². The summed E-state index contributed by atoms with van der Waals surface area (Å²) in [6, 6.07) is 0. The number of alkyl halides is 2. The van der Waals surface area contributed by atoms with Gasteiger partial charge in [0.15, 0.2) is 0 Å². The summed E-state index contributed by atoms with van der Waals surface area (Å²) in [4.78, 5) is 1.63. The van der Waals surface area contributed by atoms with Crippen molar-refractivity contribution in [1.82, 2.24) is 0 Å². The molecule has 0 N–H and O–H groups in total. The standard InChI is InChI=1S/C7H8Br2S/c8-4-2-1-3-6(4)10-7(3)5(2)9/h2-7H,1H2. The Hall–Kier alpha value is 1.31.